The third-order valence-corrected chi connectivity index (χ3v) is 6.07. The Morgan fingerprint density at radius 3 is 2.55 bits per heavy atom. The standard InChI is InChI=1S/C22H19F4N5OS/c1-31(33(2)32)21-14(4-3-9-27-21)11-28-19-16-10-18(13-5-7-15(23)8-6-13)30-20(16)29-12-17(19)22(24,25)26/h3-10,12H,11H2,1-2H3,(H2,28,29,30). The number of anilines is 2. The van der Waals surface area contributed by atoms with E-state index in [1.54, 1.807) is 25.2 Å². The average Bonchev–Trinajstić information content (AvgIpc) is 3.21. The topological polar surface area (TPSA) is 73.9 Å². The van der Waals surface area contributed by atoms with Crippen LogP contribution in [0, 0.1) is 5.82 Å². The molecule has 6 nitrogen and oxygen atoms in total. The molecule has 1 aromatic carbocycles. The zero-order valence-electron chi connectivity index (χ0n) is 17.6. The number of nitrogens with zero attached hydrogens (tertiary/aromatic N) is 3. The highest BCUT2D eigenvalue weighted by Crippen LogP contribution is 2.39. The van der Waals surface area contributed by atoms with Crippen LogP contribution in [0.3, 0.4) is 0 Å². The highest BCUT2D eigenvalue weighted by Gasteiger charge is 2.35. The molecule has 3 aromatic heterocycles. The van der Waals surface area contributed by atoms with Crippen molar-refractivity contribution in [2.75, 3.05) is 22.9 Å². The lowest BCUT2D eigenvalue weighted by atomic mass is 10.1. The summed E-state index contributed by atoms with van der Waals surface area (Å²) in [5.41, 5.74) is 0.869. The first-order chi connectivity index (χ1) is 15.6. The molecule has 0 aliphatic heterocycles. The summed E-state index contributed by atoms with van der Waals surface area (Å²) in [5, 5.41) is 3.12. The second kappa shape index (κ2) is 8.81. The Morgan fingerprint density at radius 1 is 1.15 bits per heavy atom. The second-order valence-electron chi connectivity index (χ2n) is 7.26. The Hall–Kier alpha value is -3.47. The summed E-state index contributed by atoms with van der Waals surface area (Å²) in [7, 11) is 0.233. The lowest BCUT2D eigenvalue weighted by Gasteiger charge is -2.20. The Morgan fingerprint density at radius 2 is 1.88 bits per heavy atom. The highest BCUT2D eigenvalue weighted by atomic mass is 32.2. The molecule has 0 saturated carbocycles. The van der Waals surface area contributed by atoms with Gasteiger partial charge < -0.3 is 10.3 Å². The maximum absolute atomic E-state index is 13.8. The van der Waals surface area contributed by atoms with E-state index >= 15 is 0 Å². The lowest BCUT2D eigenvalue weighted by Crippen LogP contribution is -2.22. The van der Waals surface area contributed by atoms with Gasteiger partial charge in [-0.2, -0.15) is 13.2 Å². The van der Waals surface area contributed by atoms with E-state index in [9.17, 15) is 21.8 Å². The Balaban J connectivity index is 1.77. The van der Waals surface area contributed by atoms with Crippen LogP contribution in [0.2, 0.25) is 0 Å². The predicted molar refractivity (Wildman–Crippen MR) is 121 cm³/mol. The molecular weight excluding hydrogens is 458 g/mol. The molecule has 0 spiro atoms. The van der Waals surface area contributed by atoms with Gasteiger partial charge in [0.1, 0.15) is 28.3 Å². The van der Waals surface area contributed by atoms with E-state index in [4.69, 9.17) is 0 Å². The van der Waals surface area contributed by atoms with Crippen molar-refractivity contribution in [3.8, 4) is 11.3 Å². The summed E-state index contributed by atoms with van der Waals surface area (Å²) in [5.74, 6) is -0.0225. The molecule has 0 aliphatic rings. The van der Waals surface area contributed by atoms with Crippen LogP contribution < -0.4 is 9.62 Å². The summed E-state index contributed by atoms with van der Waals surface area (Å²) in [6.45, 7) is 0.00394. The molecule has 172 valence electrons. The van der Waals surface area contributed by atoms with E-state index in [2.05, 4.69) is 20.3 Å². The summed E-state index contributed by atoms with van der Waals surface area (Å²) < 4.78 is 68.0. The normalized spacial score (nSPS) is 12.7. The molecule has 3 heterocycles. The number of alkyl halides is 3. The maximum atomic E-state index is 13.8. The van der Waals surface area contributed by atoms with Crippen molar-refractivity contribution in [1.29, 1.82) is 0 Å². The van der Waals surface area contributed by atoms with Crippen molar-refractivity contribution in [2.24, 2.45) is 0 Å². The Kier molecular flexibility index (Phi) is 6.07. The molecule has 0 radical (unpaired) electrons. The van der Waals surface area contributed by atoms with Gasteiger partial charge in [0.15, 0.2) is 0 Å². The van der Waals surface area contributed by atoms with Crippen LogP contribution in [-0.2, 0) is 23.7 Å². The number of nitrogens with one attached hydrogen (secondary N) is 2. The van der Waals surface area contributed by atoms with Gasteiger partial charge in [-0.25, -0.2) is 18.6 Å². The van der Waals surface area contributed by atoms with Crippen LogP contribution in [0.4, 0.5) is 29.1 Å². The van der Waals surface area contributed by atoms with Crippen LogP contribution in [0.15, 0.2) is 54.9 Å². The Bertz CT molecular complexity index is 1320. The van der Waals surface area contributed by atoms with Crippen molar-refractivity contribution in [3.63, 3.8) is 0 Å². The molecule has 0 saturated heterocycles. The molecule has 33 heavy (non-hydrogen) atoms. The van der Waals surface area contributed by atoms with Gasteiger partial charge in [0.2, 0.25) is 0 Å². The first-order valence-corrected chi connectivity index (χ1v) is 11.3. The maximum Gasteiger partial charge on any atom is 0.419 e. The monoisotopic (exact) mass is 477 g/mol. The molecule has 0 amide bonds. The SMILES string of the molecule is CN(c1ncccc1CNc1c(C(F)(F)F)cnc2[nH]c(-c3ccc(F)cc3)cc12)S(C)=O. The highest BCUT2D eigenvalue weighted by molar-refractivity contribution is 7.85. The minimum Gasteiger partial charge on any atom is -0.380 e. The molecule has 11 heteroatoms. The summed E-state index contributed by atoms with van der Waals surface area (Å²) in [4.78, 5) is 11.2. The van der Waals surface area contributed by atoms with Crippen LogP contribution in [0.25, 0.3) is 22.3 Å². The van der Waals surface area contributed by atoms with Crippen LogP contribution >= 0.6 is 0 Å². The smallest absolute Gasteiger partial charge is 0.380 e. The second-order valence-corrected chi connectivity index (χ2v) is 8.65. The van der Waals surface area contributed by atoms with Gasteiger partial charge in [-0.1, -0.05) is 6.07 Å². The van der Waals surface area contributed by atoms with Gasteiger partial charge in [0, 0.05) is 48.9 Å². The number of aromatic amines is 1. The molecular formula is C22H19F4N5OS. The van der Waals surface area contributed by atoms with Crippen molar-refractivity contribution in [3.05, 3.63) is 71.8 Å². The number of aromatic nitrogens is 3. The van der Waals surface area contributed by atoms with Gasteiger partial charge in [-0.05, 0) is 42.0 Å². The fourth-order valence-corrected chi connectivity index (χ4v) is 3.83. The zero-order valence-corrected chi connectivity index (χ0v) is 18.4. The number of fused-ring (bicyclic) bond motifs is 1. The van der Waals surface area contributed by atoms with E-state index in [1.165, 1.54) is 41.0 Å². The number of pyridine rings is 2. The summed E-state index contributed by atoms with van der Waals surface area (Å²) in [6, 6.07) is 10.5. The summed E-state index contributed by atoms with van der Waals surface area (Å²) >= 11 is 0. The first-order valence-electron chi connectivity index (χ1n) is 9.75. The van der Waals surface area contributed by atoms with Gasteiger partial charge in [0.05, 0.1) is 11.3 Å². The fraction of sp³-hybridized carbons (Fsp3) is 0.182. The average molecular weight is 477 g/mol. The van der Waals surface area contributed by atoms with Crippen LogP contribution in [0.1, 0.15) is 11.1 Å². The van der Waals surface area contributed by atoms with E-state index in [0.717, 1.165) is 6.20 Å². The minimum absolute atomic E-state index is 0.00394. The van der Waals surface area contributed by atoms with Gasteiger partial charge in [0.25, 0.3) is 0 Å². The molecule has 4 aromatic rings. The molecule has 0 bridgehead atoms. The number of halogens is 4. The largest absolute Gasteiger partial charge is 0.419 e. The first kappa shape index (κ1) is 22.7. The third kappa shape index (κ3) is 4.68. The molecule has 1 atom stereocenters. The lowest BCUT2D eigenvalue weighted by molar-refractivity contribution is -0.137. The molecule has 0 fully saturated rings. The zero-order chi connectivity index (χ0) is 23.8. The van der Waals surface area contributed by atoms with E-state index < -0.39 is 28.5 Å². The number of benzene rings is 1. The number of hydrogen-bond acceptors (Lipinski definition) is 4. The minimum atomic E-state index is -4.64. The molecule has 1 unspecified atom stereocenters. The Labute approximate surface area is 189 Å². The number of hydrogen-bond donors (Lipinski definition) is 2. The molecule has 4 rings (SSSR count). The van der Waals surface area contributed by atoms with Crippen molar-refractivity contribution < 1.29 is 21.8 Å². The van der Waals surface area contributed by atoms with Crippen LogP contribution in [-0.4, -0.2) is 32.5 Å². The molecule has 0 aliphatic carbocycles. The van der Waals surface area contributed by atoms with Crippen LogP contribution in [0.5, 0.6) is 0 Å². The number of rotatable bonds is 6. The van der Waals surface area contributed by atoms with E-state index in [-0.39, 0.29) is 23.3 Å². The molecule has 2 N–H and O–H groups in total. The predicted octanol–water partition coefficient (Wildman–Crippen LogP) is 5.12. The van der Waals surface area contributed by atoms with Gasteiger partial charge >= 0.3 is 6.18 Å². The van der Waals surface area contributed by atoms with Crippen molar-refractivity contribution in [2.45, 2.75) is 12.7 Å². The fourth-order valence-electron chi connectivity index (χ4n) is 3.42. The quantitative estimate of drug-likeness (QED) is 0.378. The van der Waals surface area contributed by atoms with Crippen molar-refractivity contribution in [1.82, 2.24) is 15.0 Å². The van der Waals surface area contributed by atoms with Gasteiger partial charge in [-0.3, -0.25) is 4.31 Å². The third-order valence-electron chi connectivity index (χ3n) is 5.13. The summed E-state index contributed by atoms with van der Waals surface area (Å²) in [6.07, 6.45) is -0.866. The van der Waals surface area contributed by atoms with E-state index in [0.29, 0.717) is 22.6 Å². The van der Waals surface area contributed by atoms with Gasteiger partial charge in [-0.15, -0.1) is 0 Å². The van der Waals surface area contributed by atoms with Crippen molar-refractivity contribution >= 4 is 33.5 Å². The van der Waals surface area contributed by atoms with E-state index in [1.807, 2.05) is 0 Å². The number of H-pyrrole nitrogens is 1.